The van der Waals surface area contributed by atoms with Gasteiger partial charge in [0.25, 0.3) is 0 Å². The van der Waals surface area contributed by atoms with Gasteiger partial charge in [-0.05, 0) is 68.1 Å². The maximum atomic E-state index is 14.5. The Bertz CT molecular complexity index is 1810. The van der Waals surface area contributed by atoms with Crippen molar-refractivity contribution in [2.45, 2.75) is 102 Å². The molecular weight excluding hydrogens is 683 g/mol. The SMILES string of the molecule is C=NC[C@@]1(c2ccc3c(N)ncnn23)O[C@H](COP(=O)(N[C@@H](C)C(=O)OC2CCC2)Oc2ccc(C(C)(C)C)cc2)[C@@H](OC(C)=O)[C@H]1OC(C)=O. The molecule has 0 amide bonds. The number of fused-ring (bicyclic) bond motifs is 1. The van der Waals surface area contributed by atoms with E-state index in [1.54, 1.807) is 24.3 Å². The number of aromatic nitrogens is 3. The number of hydrogen-bond acceptors (Lipinski definition) is 14. The van der Waals surface area contributed by atoms with Gasteiger partial charge >= 0.3 is 25.7 Å². The molecule has 0 bridgehead atoms. The number of nitrogens with zero attached hydrogens (tertiary/aromatic N) is 4. The first-order valence-corrected chi connectivity index (χ1v) is 18.2. The van der Waals surface area contributed by atoms with Gasteiger partial charge < -0.3 is 29.2 Å². The minimum Gasteiger partial charge on any atom is -0.461 e. The molecule has 1 saturated heterocycles. The third-order valence-electron chi connectivity index (χ3n) is 8.74. The van der Waals surface area contributed by atoms with Gasteiger partial charge in [-0.2, -0.15) is 10.2 Å². The topological polar surface area (TPSA) is 204 Å². The molecule has 5 rings (SSSR count). The fourth-order valence-electron chi connectivity index (χ4n) is 5.98. The summed E-state index contributed by atoms with van der Waals surface area (Å²) in [6, 6.07) is 9.15. The predicted molar refractivity (Wildman–Crippen MR) is 185 cm³/mol. The highest BCUT2D eigenvalue weighted by atomic mass is 31.2. The van der Waals surface area contributed by atoms with Crippen molar-refractivity contribution < 1.29 is 46.9 Å². The monoisotopic (exact) mass is 728 g/mol. The highest BCUT2D eigenvalue weighted by Gasteiger charge is 2.61. The van der Waals surface area contributed by atoms with Crippen molar-refractivity contribution in [3.8, 4) is 5.75 Å². The third-order valence-corrected chi connectivity index (χ3v) is 10.4. The molecule has 1 saturated carbocycles. The Morgan fingerprint density at radius 2 is 1.80 bits per heavy atom. The van der Waals surface area contributed by atoms with Crippen molar-refractivity contribution in [3.63, 3.8) is 0 Å². The van der Waals surface area contributed by atoms with Gasteiger partial charge in [-0.3, -0.25) is 23.9 Å². The van der Waals surface area contributed by atoms with Crippen molar-refractivity contribution in [2.24, 2.45) is 4.99 Å². The summed E-state index contributed by atoms with van der Waals surface area (Å²) in [4.78, 5) is 46.1. The Morgan fingerprint density at radius 3 is 2.39 bits per heavy atom. The molecule has 1 aliphatic heterocycles. The second kappa shape index (κ2) is 15.1. The summed E-state index contributed by atoms with van der Waals surface area (Å²) in [5, 5.41) is 7.01. The fourth-order valence-corrected chi connectivity index (χ4v) is 7.48. The van der Waals surface area contributed by atoms with Crippen LogP contribution in [0.1, 0.15) is 72.1 Å². The second-order valence-electron chi connectivity index (χ2n) is 13.7. The maximum absolute atomic E-state index is 14.5. The van der Waals surface area contributed by atoms with Crippen molar-refractivity contribution >= 4 is 43.7 Å². The second-order valence-corrected chi connectivity index (χ2v) is 15.4. The van der Waals surface area contributed by atoms with Crippen LogP contribution in [0.25, 0.3) is 5.52 Å². The van der Waals surface area contributed by atoms with E-state index < -0.39 is 62.2 Å². The number of nitrogen functional groups attached to an aromatic ring is 1. The summed E-state index contributed by atoms with van der Waals surface area (Å²) in [6.45, 7) is 12.9. The summed E-state index contributed by atoms with van der Waals surface area (Å²) in [5.74, 6) is -1.69. The molecule has 17 heteroatoms. The van der Waals surface area contributed by atoms with Crippen LogP contribution >= 0.6 is 7.75 Å². The zero-order valence-electron chi connectivity index (χ0n) is 29.6. The first-order valence-electron chi connectivity index (χ1n) is 16.6. The Morgan fingerprint density at radius 1 is 1.12 bits per heavy atom. The van der Waals surface area contributed by atoms with Crippen molar-refractivity contribution in [3.05, 3.63) is 54.0 Å². The van der Waals surface area contributed by atoms with Crippen molar-refractivity contribution in [1.29, 1.82) is 0 Å². The molecule has 3 aromatic rings. The standard InChI is InChI=1S/C34H45N6O10P/c1-20(32(43)48-24-9-8-10-24)39-51(44,50-25-13-11-23(12-14-25)33(4,5)6)45-17-27-29(46-21(2)41)30(47-22(3)42)34(49-27,18-36-7)28-16-15-26-31(35)37-19-38-40(26)28/h11-16,19-20,24,27,29-30H,7-10,17-18H2,1-6H3,(H,39,44)(H2,35,37,38)/t20-,27+,29+,30+,34-,51?/m0/s1. The van der Waals surface area contributed by atoms with E-state index in [0.717, 1.165) is 24.8 Å². The van der Waals surface area contributed by atoms with E-state index >= 15 is 0 Å². The van der Waals surface area contributed by atoms with E-state index in [2.05, 4.69) is 47.7 Å². The molecule has 0 radical (unpaired) electrons. The quantitative estimate of drug-likeness (QED) is 0.104. The molecule has 1 aliphatic carbocycles. The number of anilines is 1. The van der Waals surface area contributed by atoms with Crippen LogP contribution in [0.5, 0.6) is 5.75 Å². The van der Waals surface area contributed by atoms with E-state index in [0.29, 0.717) is 11.2 Å². The number of nitrogens with two attached hydrogens (primary N) is 1. The van der Waals surface area contributed by atoms with Gasteiger partial charge in [0.2, 0.25) is 0 Å². The minimum absolute atomic E-state index is 0.156. The highest BCUT2D eigenvalue weighted by Crippen LogP contribution is 2.49. The molecule has 1 aromatic carbocycles. The van der Waals surface area contributed by atoms with Crippen molar-refractivity contribution in [1.82, 2.24) is 19.7 Å². The number of hydrogen-bond donors (Lipinski definition) is 2. The Labute approximate surface area is 296 Å². The lowest BCUT2D eigenvalue weighted by Gasteiger charge is -2.32. The van der Waals surface area contributed by atoms with E-state index in [4.69, 9.17) is 33.7 Å². The molecule has 51 heavy (non-hydrogen) atoms. The Kier molecular flexibility index (Phi) is 11.2. The van der Waals surface area contributed by atoms with Gasteiger partial charge in [-0.1, -0.05) is 32.9 Å². The first-order chi connectivity index (χ1) is 24.0. The smallest absolute Gasteiger partial charge is 0.459 e. The summed E-state index contributed by atoms with van der Waals surface area (Å²) in [6.07, 6.45) is -0.369. The molecule has 0 spiro atoms. The minimum atomic E-state index is -4.42. The average Bonchev–Trinajstić information content (AvgIpc) is 3.58. The number of ether oxygens (including phenoxy) is 4. The fraction of sp³-hybridized carbons (Fsp3) is 0.529. The molecule has 2 aromatic heterocycles. The van der Waals surface area contributed by atoms with Crippen molar-refractivity contribution in [2.75, 3.05) is 18.9 Å². The van der Waals surface area contributed by atoms with Crippen LogP contribution in [0, 0.1) is 0 Å². The molecule has 6 atom stereocenters. The van der Waals surface area contributed by atoms with E-state index in [-0.39, 0.29) is 29.6 Å². The molecular formula is C34H45N6O10P. The Balaban J connectivity index is 1.50. The summed E-state index contributed by atoms with van der Waals surface area (Å²) >= 11 is 0. The largest absolute Gasteiger partial charge is 0.461 e. The first kappa shape index (κ1) is 37.9. The number of rotatable bonds is 14. The molecule has 2 fully saturated rings. The number of nitrogens with one attached hydrogen (secondary N) is 1. The van der Waals surface area contributed by atoms with Gasteiger partial charge in [-0.25, -0.2) is 14.1 Å². The van der Waals surface area contributed by atoms with E-state index in [1.807, 2.05) is 12.1 Å². The number of carbonyl (C=O) groups is 3. The molecule has 3 heterocycles. The van der Waals surface area contributed by atoms with Crippen LogP contribution in [-0.4, -0.2) is 82.8 Å². The lowest BCUT2D eigenvalue weighted by Crippen LogP contribution is -2.48. The Hall–Kier alpha value is -4.37. The van der Waals surface area contributed by atoms with Gasteiger partial charge in [0, 0.05) is 13.8 Å². The molecule has 16 nitrogen and oxygen atoms in total. The lowest BCUT2D eigenvalue weighted by atomic mass is 9.87. The molecule has 2 aliphatic rings. The zero-order chi connectivity index (χ0) is 37.1. The van der Waals surface area contributed by atoms with Crippen LogP contribution in [0.4, 0.5) is 5.82 Å². The average molecular weight is 729 g/mol. The van der Waals surface area contributed by atoms with Gasteiger partial charge in [0.15, 0.2) is 23.6 Å². The van der Waals surface area contributed by atoms with Crippen LogP contribution in [-0.2, 0) is 53.4 Å². The predicted octanol–water partition coefficient (Wildman–Crippen LogP) is 4.04. The van der Waals surface area contributed by atoms with Crippen LogP contribution < -0.4 is 15.3 Å². The molecule has 1 unspecified atom stereocenters. The van der Waals surface area contributed by atoms with Gasteiger partial charge in [0.1, 0.15) is 35.8 Å². The van der Waals surface area contributed by atoms with Gasteiger partial charge in [-0.15, -0.1) is 0 Å². The van der Waals surface area contributed by atoms with Crippen LogP contribution in [0.15, 0.2) is 47.7 Å². The third kappa shape index (κ3) is 8.41. The highest BCUT2D eigenvalue weighted by molar-refractivity contribution is 7.52. The van der Waals surface area contributed by atoms with E-state index in [1.165, 1.54) is 31.6 Å². The lowest BCUT2D eigenvalue weighted by molar-refractivity contribution is -0.169. The number of carbonyl (C=O) groups excluding carboxylic acids is 3. The number of aliphatic imine (C=N–C) groups is 1. The molecule has 3 N–H and O–H groups in total. The molecule has 276 valence electrons. The summed E-state index contributed by atoms with van der Waals surface area (Å²) in [5.41, 5.74) is 6.05. The van der Waals surface area contributed by atoms with E-state index in [9.17, 15) is 18.9 Å². The summed E-state index contributed by atoms with van der Waals surface area (Å²) < 4.78 is 51.6. The van der Waals surface area contributed by atoms with Crippen LogP contribution in [0.2, 0.25) is 0 Å². The normalized spacial score (nSPS) is 23.8. The maximum Gasteiger partial charge on any atom is 0.459 e. The number of benzene rings is 1. The summed E-state index contributed by atoms with van der Waals surface area (Å²) in [7, 11) is -4.42. The van der Waals surface area contributed by atoms with Crippen LogP contribution in [0.3, 0.4) is 0 Å². The number of esters is 3. The van der Waals surface area contributed by atoms with Gasteiger partial charge in [0.05, 0.1) is 18.8 Å². The zero-order valence-corrected chi connectivity index (χ0v) is 30.5.